The lowest BCUT2D eigenvalue weighted by molar-refractivity contribution is -0.118. The molecule has 0 spiro atoms. The van der Waals surface area contributed by atoms with Crippen LogP contribution >= 0.6 is 11.6 Å². The van der Waals surface area contributed by atoms with Crippen molar-refractivity contribution in [2.75, 3.05) is 38.4 Å². The fraction of sp³-hybridized carbons (Fsp3) is 0.412. The van der Waals surface area contributed by atoms with Gasteiger partial charge in [-0.15, -0.1) is 0 Å². The summed E-state index contributed by atoms with van der Waals surface area (Å²) >= 11 is 6.29. The highest BCUT2D eigenvalue weighted by atomic mass is 35.5. The predicted octanol–water partition coefficient (Wildman–Crippen LogP) is 5.07. The number of anilines is 1. The normalized spacial score (nSPS) is 18.2. The van der Waals surface area contributed by atoms with Crippen molar-refractivity contribution < 1.29 is 36.3 Å². The predicted molar refractivity (Wildman–Crippen MR) is 181 cm³/mol. The quantitative estimate of drug-likeness (QED) is 0.227. The molecular formula is C34H41ClF2N4O6S. The molecule has 1 unspecified atom stereocenters. The zero-order chi connectivity index (χ0) is 35.0. The highest BCUT2D eigenvalue weighted by Crippen LogP contribution is 2.32. The third-order valence-corrected chi connectivity index (χ3v) is 9.68. The van der Waals surface area contributed by atoms with E-state index in [0.29, 0.717) is 29.2 Å². The number of hydrogen-bond donors (Lipinski definition) is 3. The summed E-state index contributed by atoms with van der Waals surface area (Å²) in [5.41, 5.74) is 1.16. The molecule has 1 aliphatic rings. The van der Waals surface area contributed by atoms with Gasteiger partial charge in [-0.2, -0.15) is 4.31 Å². The van der Waals surface area contributed by atoms with Gasteiger partial charge in [0.15, 0.2) is 0 Å². The highest BCUT2D eigenvalue weighted by Gasteiger charge is 2.38. The number of carbonyl (C=O) groups excluding carboxylic acids is 2. The van der Waals surface area contributed by atoms with Gasteiger partial charge < -0.3 is 25.4 Å². The number of nitrogens with one attached hydrogen (secondary N) is 3. The fourth-order valence-electron chi connectivity index (χ4n) is 6.02. The molecule has 48 heavy (non-hydrogen) atoms. The van der Waals surface area contributed by atoms with Crippen LogP contribution in [0.4, 0.5) is 19.3 Å². The van der Waals surface area contributed by atoms with Gasteiger partial charge >= 0.3 is 6.09 Å². The first-order chi connectivity index (χ1) is 22.8. The van der Waals surface area contributed by atoms with E-state index in [9.17, 15) is 22.4 Å². The molecule has 0 bridgehead atoms. The van der Waals surface area contributed by atoms with E-state index in [2.05, 4.69) is 16.0 Å². The van der Waals surface area contributed by atoms with Gasteiger partial charge in [0, 0.05) is 41.3 Å². The molecule has 1 saturated heterocycles. The minimum Gasteiger partial charge on any atom is -0.453 e. The minimum absolute atomic E-state index is 0.0785. The van der Waals surface area contributed by atoms with Crippen LogP contribution in [0.2, 0.25) is 5.02 Å². The molecule has 0 aromatic heterocycles. The Hall–Kier alpha value is -3.62. The highest BCUT2D eigenvalue weighted by molar-refractivity contribution is 7.88. The number of rotatable bonds is 13. The number of halogens is 3. The van der Waals surface area contributed by atoms with Crippen molar-refractivity contribution in [1.29, 1.82) is 0 Å². The standard InChI is InChI=1S/C34H41ClF2N4O6S/c1-21(2)47-20-27-19-38-18-26(41(27)48(4,44)45)14-15-28-29(37)12-7-13-30(28)39-33(42)32(40-34(43)46-3)31(22-8-5-10-24(35)16-22)23-9-6-11-25(36)17-23/h5-13,16-17,21,26-27,31-32,38H,14-15,18-20H2,1-4H3,(H,39,42)(H,40,43)/t26-,27?,31-,32-/m0/s1. The number of ether oxygens (including phenoxy) is 2. The molecule has 260 valence electrons. The maximum Gasteiger partial charge on any atom is 0.407 e. The van der Waals surface area contributed by atoms with Crippen molar-refractivity contribution in [3.8, 4) is 0 Å². The van der Waals surface area contributed by atoms with Crippen molar-refractivity contribution in [1.82, 2.24) is 14.9 Å². The summed E-state index contributed by atoms with van der Waals surface area (Å²) in [5.74, 6) is -2.82. The maximum absolute atomic E-state index is 15.5. The average Bonchev–Trinajstić information content (AvgIpc) is 3.02. The first kappa shape index (κ1) is 37.2. The molecule has 1 aliphatic heterocycles. The number of carbonyl (C=O) groups is 2. The molecule has 0 aliphatic carbocycles. The molecule has 14 heteroatoms. The number of hydrogen-bond acceptors (Lipinski definition) is 7. The van der Waals surface area contributed by atoms with Gasteiger partial charge in [0.05, 0.1) is 32.1 Å². The van der Waals surface area contributed by atoms with Crippen LogP contribution in [0.3, 0.4) is 0 Å². The lowest BCUT2D eigenvalue weighted by atomic mass is 9.84. The third-order valence-electron chi connectivity index (χ3n) is 8.08. The molecule has 3 N–H and O–H groups in total. The topological polar surface area (TPSA) is 126 Å². The van der Waals surface area contributed by atoms with E-state index >= 15 is 4.39 Å². The molecule has 4 rings (SSSR count). The van der Waals surface area contributed by atoms with E-state index in [0.717, 1.165) is 13.4 Å². The summed E-state index contributed by atoms with van der Waals surface area (Å²) in [5, 5.41) is 8.94. The Kier molecular flexibility index (Phi) is 12.9. The van der Waals surface area contributed by atoms with Crippen LogP contribution in [0.15, 0.2) is 66.7 Å². The lowest BCUT2D eigenvalue weighted by Gasteiger charge is -2.41. The van der Waals surface area contributed by atoms with Crippen molar-refractivity contribution in [3.05, 3.63) is 100 Å². The molecule has 10 nitrogen and oxygen atoms in total. The number of benzene rings is 3. The number of sulfonamides is 1. The Morgan fingerprint density at radius 3 is 2.33 bits per heavy atom. The second-order valence-corrected chi connectivity index (χ2v) is 14.3. The Bertz CT molecular complexity index is 1650. The molecule has 0 saturated carbocycles. The van der Waals surface area contributed by atoms with Gasteiger partial charge in [-0.25, -0.2) is 22.0 Å². The van der Waals surface area contributed by atoms with Gasteiger partial charge in [0.25, 0.3) is 0 Å². The molecule has 3 aromatic rings. The van der Waals surface area contributed by atoms with Crippen molar-refractivity contribution in [2.24, 2.45) is 0 Å². The van der Waals surface area contributed by atoms with Crippen molar-refractivity contribution >= 4 is 39.3 Å². The number of alkyl carbamates (subject to hydrolysis) is 1. The zero-order valence-corrected chi connectivity index (χ0v) is 28.8. The second kappa shape index (κ2) is 16.7. The van der Waals surface area contributed by atoms with Crippen LogP contribution in [0.25, 0.3) is 0 Å². The molecule has 1 fully saturated rings. The van der Waals surface area contributed by atoms with Crippen LogP contribution in [-0.2, 0) is 30.7 Å². The van der Waals surface area contributed by atoms with E-state index in [1.165, 1.54) is 40.7 Å². The van der Waals surface area contributed by atoms with Crippen LogP contribution in [0.5, 0.6) is 0 Å². The molecule has 4 atom stereocenters. The SMILES string of the molecule is COC(=O)N[C@H](C(=O)Nc1cccc(F)c1CC[C@H]1CNCC(COC(C)C)N1S(C)(=O)=O)[C@H](c1cccc(F)c1)c1cccc(Cl)c1. The van der Waals surface area contributed by atoms with Gasteiger partial charge in [0.2, 0.25) is 15.9 Å². The van der Waals surface area contributed by atoms with Crippen LogP contribution in [0, 0.1) is 11.6 Å². The molecule has 1 heterocycles. The third kappa shape index (κ3) is 9.73. The molecule has 0 radical (unpaired) electrons. The Labute approximate surface area is 285 Å². The smallest absolute Gasteiger partial charge is 0.407 e. The molecule has 3 aromatic carbocycles. The Morgan fingerprint density at radius 1 is 1.02 bits per heavy atom. The Morgan fingerprint density at radius 2 is 1.69 bits per heavy atom. The number of methoxy groups -OCH3 is 1. The Balaban J connectivity index is 1.66. The summed E-state index contributed by atoms with van der Waals surface area (Å²) in [7, 11) is -2.50. The van der Waals surface area contributed by atoms with Gasteiger partial charge in [-0.05, 0) is 74.2 Å². The van der Waals surface area contributed by atoms with E-state index in [-0.39, 0.29) is 36.8 Å². The van der Waals surface area contributed by atoms with Crippen molar-refractivity contribution in [2.45, 2.75) is 56.8 Å². The summed E-state index contributed by atoms with van der Waals surface area (Å²) in [6, 6.07) is 14.1. The summed E-state index contributed by atoms with van der Waals surface area (Å²) in [4.78, 5) is 26.7. The first-order valence-electron chi connectivity index (χ1n) is 15.5. The van der Waals surface area contributed by atoms with E-state index in [1.54, 1.807) is 30.3 Å². The van der Waals surface area contributed by atoms with E-state index < -0.39 is 57.7 Å². The van der Waals surface area contributed by atoms with Crippen molar-refractivity contribution in [3.63, 3.8) is 0 Å². The number of nitrogens with zero attached hydrogens (tertiary/aromatic N) is 1. The van der Waals surface area contributed by atoms with Gasteiger partial charge in [-0.3, -0.25) is 4.79 Å². The average molecular weight is 707 g/mol. The van der Waals surface area contributed by atoms with Gasteiger partial charge in [0.1, 0.15) is 17.7 Å². The van der Waals surface area contributed by atoms with Crippen LogP contribution in [0.1, 0.15) is 42.9 Å². The molecule has 2 amide bonds. The minimum atomic E-state index is -3.65. The second-order valence-electron chi connectivity index (χ2n) is 11.9. The summed E-state index contributed by atoms with van der Waals surface area (Å²) in [6.07, 6.45) is 0.453. The number of amides is 2. The number of piperazine rings is 1. The lowest BCUT2D eigenvalue weighted by Crippen LogP contribution is -2.60. The van der Waals surface area contributed by atoms with E-state index in [1.807, 2.05) is 13.8 Å². The van der Waals surface area contributed by atoms with Gasteiger partial charge in [-0.1, -0.05) is 41.9 Å². The van der Waals surface area contributed by atoms with Crippen LogP contribution < -0.4 is 16.0 Å². The largest absolute Gasteiger partial charge is 0.453 e. The molecular weight excluding hydrogens is 666 g/mol. The van der Waals surface area contributed by atoms with Crippen LogP contribution in [-0.4, -0.2) is 82.0 Å². The maximum atomic E-state index is 15.5. The van der Waals surface area contributed by atoms with E-state index in [4.69, 9.17) is 21.1 Å². The fourth-order valence-corrected chi connectivity index (χ4v) is 7.61. The first-order valence-corrected chi connectivity index (χ1v) is 17.8. The summed E-state index contributed by atoms with van der Waals surface area (Å²) in [6.45, 7) is 4.69. The zero-order valence-electron chi connectivity index (χ0n) is 27.2. The monoisotopic (exact) mass is 706 g/mol. The summed E-state index contributed by atoms with van der Waals surface area (Å²) < 4.78 is 67.7.